The molecular formula is C32H60N4O8. The molecule has 0 aromatic heterocycles. The van der Waals surface area contributed by atoms with Gasteiger partial charge in [0.2, 0.25) is 23.6 Å². The van der Waals surface area contributed by atoms with Crippen LogP contribution in [0.4, 0.5) is 0 Å². The minimum Gasteiger partial charge on any atom is -0.286 e. The number of carbonyl (C=O) groups excluding carboxylic acids is 4. The average Bonchev–Trinajstić information content (AvgIpc) is 3.01. The third kappa shape index (κ3) is 20.6. The van der Waals surface area contributed by atoms with Crippen LogP contribution in [0.5, 0.6) is 0 Å². The van der Waals surface area contributed by atoms with Crippen molar-refractivity contribution in [2.24, 2.45) is 0 Å². The standard InChI is InChI=1S/C32H60N4O8/c37-29-21-13-5-1-9-17-25-33(41)30(38)22-14-6-2-11-19-27-35(43)32(40)24-16-8-4-12-20-28-36(44)31(39)23-15-7-3-10-18-26-34(29)42/h41-44H,1-28H2. The van der Waals surface area contributed by atoms with Gasteiger partial charge in [-0.05, 0) is 51.4 Å². The van der Waals surface area contributed by atoms with Crippen molar-refractivity contribution in [1.29, 1.82) is 0 Å². The number of hydrogen-bond donors (Lipinski definition) is 4. The van der Waals surface area contributed by atoms with E-state index in [2.05, 4.69) is 0 Å². The smallest absolute Gasteiger partial charge is 0.245 e. The molecule has 256 valence electrons. The van der Waals surface area contributed by atoms with Crippen molar-refractivity contribution >= 4 is 23.6 Å². The molecule has 0 bridgehead atoms. The van der Waals surface area contributed by atoms with Crippen molar-refractivity contribution in [3.05, 3.63) is 0 Å². The van der Waals surface area contributed by atoms with Crippen LogP contribution in [0.25, 0.3) is 0 Å². The first kappa shape index (κ1) is 39.7. The monoisotopic (exact) mass is 628 g/mol. The molecular weight excluding hydrogens is 568 g/mol. The Bertz CT molecular complexity index is 672. The second-order valence-corrected chi connectivity index (χ2v) is 12.1. The lowest BCUT2D eigenvalue weighted by Crippen LogP contribution is -2.28. The number of hydrogen-bond acceptors (Lipinski definition) is 8. The van der Waals surface area contributed by atoms with Crippen molar-refractivity contribution in [2.75, 3.05) is 26.2 Å². The zero-order valence-corrected chi connectivity index (χ0v) is 27.0. The maximum absolute atomic E-state index is 12.1. The Balaban J connectivity index is 2.39. The van der Waals surface area contributed by atoms with Gasteiger partial charge in [0, 0.05) is 51.9 Å². The summed E-state index contributed by atoms with van der Waals surface area (Å²) in [5.41, 5.74) is 0. The summed E-state index contributed by atoms with van der Waals surface area (Å²) in [5, 5.41) is 43.2. The van der Waals surface area contributed by atoms with E-state index in [9.17, 15) is 40.0 Å². The third-order valence-electron chi connectivity index (χ3n) is 8.19. The highest BCUT2D eigenvalue weighted by atomic mass is 16.5. The topological polar surface area (TPSA) is 162 Å². The number of amides is 4. The quantitative estimate of drug-likeness (QED) is 0.229. The molecule has 1 aliphatic heterocycles. The lowest BCUT2D eigenvalue weighted by molar-refractivity contribution is -0.166. The number of carbonyl (C=O) groups is 4. The summed E-state index contributed by atoms with van der Waals surface area (Å²) in [6.45, 7) is 1.16. The van der Waals surface area contributed by atoms with Gasteiger partial charge in [-0.1, -0.05) is 77.0 Å². The van der Waals surface area contributed by atoms with Gasteiger partial charge < -0.3 is 0 Å². The summed E-state index contributed by atoms with van der Waals surface area (Å²) in [6.07, 6.45) is 16.9. The van der Waals surface area contributed by atoms with Crippen LogP contribution in [0.3, 0.4) is 0 Å². The molecule has 0 aromatic carbocycles. The molecule has 12 heteroatoms. The summed E-state index contributed by atoms with van der Waals surface area (Å²) in [6, 6.07) is 0. The second kappa shape index (κ2) is 26.0. The highest BCUT2D eigenvalue weighted by Gasteiger charge is 2.14. The maximum atomic E-state index is 12.1. The van der Waals surface area contributed by atoms with Crippen LogP contribution in [0.1, 0.15) is 154 Å². The molecule has 1 saturated heterocycles. The lowest BCUT2D eigenvalue weighted by Gasteiger charge is -2.16. The van der Waals surface area contributed by atoms with Gasteiger partial charge in [0.1, 0.15) is 0 Å². The summed E-state index contributed by atoms with van der Waals surface area (Å²) < 4.78 is 0. The summed E-state index contributed by atoms with van der Waals surface area (Å²) in [7, 11) is 0. The molecule has 0 radical (unpaired) electrons. The van der Waals surface area contributed by atoms with E-state index < -0.39 is 0 Å². The molecule has 44 heavy (non-hydrogen) atoms. The van der Waals surface area contributed by atoms with Crippen LogP contribution in [0.15, 0.2) is 0 Å². The lowest BCUT2D eigenvalue weighted by atomic mass is 10.1. The van der Waals surface area contributed by atoms with Crippen LogP contribution in [0.2, 0.25) is 0 Å². The van der Waals surface area contributed by atoms with Gasteiger partial charge in [-0.3, -0.25) is 40.0 Å². The molecule has 1 fully saturated rings. The molecule has 0 atom stereocenters. The highest BCUT2D eigenvalue weighted by molar-refractivity contribution is 5.75. The highest BCUT2D eigenvalue weighted by Crippen LogP contribution is 2.13. The largest absolute Gasteiger partial charge is 0.286 e. The van der Waals surface area contributed by atoms with Crippen LogP contribution >= 0.6 is 0 Å². The van der Waals surface area contributed by atoms with Gasteiger partial charge >= 0.3 is 0 Å². The minimum absolute atomic E-state index is 0.278. The van der Waals surface area contributed by atoms with Crippen LogP contribution in [-0.2, 0) is 19.2 Å². The van der Waals surface area contributed by atoms with Gasteiger partial charge in [-0.15, -0.1) is 0 Å². The van der Waals surface area contributed by atoms with E-state index in [-0.39, 0.29) is 49.3 Å². The fourth-order valence-corrected chi connectivity index (χ4v) is 5.29. The normalized spacial score (nSPS) is 22.3. The van der Waals surface area contributed by atoms with Crippen molar-refractivity contribution in [1.82, 2.24) is 20.3 Å². The number of hydroxylamine groups is 8. The zero-order chi connectivity index (χ0) is 32.4. The maximum Gasteiger partial charge on any atom is 0.245 e. The third-order valence-corrected chi connectivity index (χ3v) is 8.19. The van der Waals surface area contributed by atoms with Gasteiger partial charge in [0.25, 0.3) is 0 Å². The SMILES string of the molecule is O=C1CCCCCCCN(O)C(=O)CCCCCCCN(O)C(=O)CCCCCCCN(O)C(=O)CCCCCCCN1O. The first-order chi connectivity index (χ1) is 21.2. The molecule has 1 rings (SSSR count). The van der Waals surface area contributed by atoms with Crippen LogP contribution in [0, 0.1) is 0 Å². The predicted molar refractivity (Wildman–Crippen MR) is 165 cm³/mol. The minimum atomic E-state index is -0.278. The fraction of sp³-hybridized carbons (Fsp3) is 0.875. The Kier molecular flexibility index (Phi) is 23.5. The van der Waals surface area contributed by atoms with Crippen molar-refractivity contribution in [2.45, 2.75) is 154 Å². The molecule has 1 aliphatic rings. The molecule has 0 aromatic rings. The zero-order valence-electron chi connectivity index (χ0n) is 27.0. The van der Waals surface area contributed by atoms with Gasteiger partial charge in [-0.25, -0.2) is 20.3 Å². The molecule has 12 nitrogen and oxygen atoms in total. The van der Waals surface area contributed by atoms with Crippen LogP contribution in [-0.4, -0.2) is 90.9 Å². The molecule has 0 spiro atoms. The summed E-state index contributed by atoms with van der Waals surface area (Å²) in [4.78, 5) is 48.6. The van der Waals surface area contributed by atoms with Crippen molar-refractivity contribution < 1.29 is 40.0 Å². The second-order valence-electron chi connectivity index (χ2n) is 12.1. The molecule has 4 amide bonds. The first-order valence-electron chi connectivity index (χ1n) is 17.2. The van der Waals surface area contributed by atoms with Crippen LogP contribution < -0.4 is 0 Å². The van der Waals surface area contributed by atoms with Gasteiger partial charge in [-0.2, -0.15) is 0 Å². The Morgan fingerprint density at radius 3 is 0.636 bits per heavy atom. The van der Waals surface area contributed by atoms with E-state index in [4.69, 9.17) is 0 Å². The van der Waals surface area contributed by atoms with Crippen molar-refractivity contribution in [3.8, 4) is 0 Å². The molecule has 0 aliphatic carbocycles. The molecule has 0 saturated carbocycles. The van der Waals surface area contributed by atoms with E-state index in [1.165, 1.54) is 0 Å². The number of nitrogens with zero attached hydrogens (tertiary/aromatic N) is 4. The molecule has 4 N–H and O–H groups in total. The van der Waals surface area contributed by atoms with Crippen molar-refractivity contribution in [3.63, 3.8) is 0 Å². The van der Waals surface area contributed by atoms with E-state index in [1.807, 2.05) is 0 Å². The van der Waals surface area contributed by atoms with E-state index in [0.29, 0.717) is 77.5 Å². The molecule has 0 unspecified atom stereocenters. The first-order valence-corrected chi connectivity index (χ1v) is 17.2. The Labute approximate surface area is 264 Å². The summed E-state index contributed by atoms with van der Waals surface area (Å²) >= 11 is 0. The Morgan fingerprint density at radius 1 is 0.273 bits per heavy atom. The number of rotatable bonds is 0. The van der Waals surface area contributed by atoms with E-state index in [1.54, 1.807) is 0 Å². The van der Waals surface area contributed by atoms with E-state index >= 15 is 0 Å². The van der Waals surface area contributed by atoms with Gasteiger partial charge in [0.05, 0.1) is 0 Å². The molecule has 1 heterocycles. The Hall–Kier alpha value is -2.28. The van der Waals surface area contributed by atoms with Gasteiger partial charge in [0.15, 0.2) is 0 Å². The van der Waals surface area contributed by atoms with E-state index in [0.717, 1.165) is 97.3 Å². The predicted octanol–water partition coefficient (Wildman–Crippen LogP) is 6.23. The average molecular weight is 629 g/mol. The Morgan fingerprint density at radius 2 is 0.432 bits per heavy atom. The summed E-state index contributed by atoms with van der Waals surface area (Å²) in [5.74, 6) is -1.11. The fourth-order valence-electron chi connectivity index (χ4n) is 5.29.